The fourth-order valence-corrected chi connectivity index (χ4v) is 4.73. The second-order valence-corrected chi connectivity index (χ2v) is 7.36. The normalized spacial score (nSPS) is 34.5. The van der Waals surface area contributed by atoms with E-state index in [0.29, 0.717) is 29.9 Å². The minimum absolute atomic E-state index is 0.337. The van der Waals surface area contributed by atoms with Crippen LogP contribution in [0, 0.1) is 11.3 Å². The van der Waals surface area contributed by atoms with Crippen LogP contribution in [-0.2, 0) is 9.47 Å². The number of hydrogen-bond donors (Lipinski definition) is 0. The fourth-order valence-electron chi connectivity index (χ4n) is 4.73. The van der Waals surface area contributed by atoms with Gasteiger partial charge < -0.3 is 19.3 Å². The topological polar surface area (TPSA) is 61.6 Å². The Hall–Kier alpha value is -1.84. The van der Waals surface area contributed by atoms with Gasteiger partial charge in [-0.25, -0.2) is 4.98 Å². The lowest BCUT2D eigenvalue weighted by Crippen LogP contribution is -2.46. The molecule has 4 aliphatic rings. The quantitative estimate of drug-likeness (QED) is 0.824. The summed E-state index contributed by atoms with van der Waals surface area (Å²) in [5, 5.41) is 9.56. The largest absolute Gasteiger partial charge is 0.377 e. The van der Waals surface area contributed by atoms with Gasteiger partial charge in [0, 0.05) is 25.4 Å². The first kappa shape index (κ1) is 14.5. The van der Waals surface area contributed by atoms with E-state index < -0.39 is 0 Å². The standard InChI is InChI=1S/C18H22N4O2/c19-6-12-7-20-18(21-8-15-3-4-16(9-21)24-15)5-17(12)22-13-1-2-14(22)11-23-10-13/h5,7,13-16H,1-4,8-11H2. The molecule has 4 bridgehead atoms. The summed E-state index contributed by atoms with van der Waals surface area (Å²) in [6, 6.07) is 5.25. The zero-order valence-electron chi connectivity index (χ0n) is 13.7. The molecule has 126 valence electrons. The van der Waals surface area contributed by atoms with E-state index in [9.17, 15) is 5.26 Å². The SMILES string of the molecule is N#Cc1cnc(N2CC3CCC(C2)O3)cc1N1C2CCC1COC2. The van der Waals surface area contributed by atoms with Crippen LogP contribution < -0.4 is 9.80 Å². The summed E-state index contributed by atoms with van der Waals surface area (Å²) in [6.45, 7) is 3.34. The molecule has 4 saturated heterocycles. The minimum atomic E-state index is 0.337. The Morgan fingerprint density at radius 3 is 2.46 bits per heavy atom. The molecule has 4 aliphatic heterocycles. The van der Waals surface area contributed by atoms with E-state index in [-0.39, 0.29) is 0 Å². The summed E-state index contributed by atoms with van der Waals surface area (Å²) in [5.74, 6) is 0.982. The van der Waals surface area contributed by atoms with Crippen molar-refractivity contribution in [2.45, 2.75) is 50.0 Å². The van der Waals surface area contributed by atoms with Gasteiger partial charge in [-0.1, -0.05) is 0 Å². The minimum Gasteiger partial charge on any atom is -0.377 e. The molecule has 0 spiro atoms. The van der Waals surface area contributed by atoms with Crippen molar-refractivity contribution in [3.63, 3.8) is 0 Å². The molecule has 4 unspecified atom stereocenters. The van der Waals surface area contributed by atoms with Crippen LogP contribution in [0.3, 0.4) is 0 Å². The van der Waals surface area contributed by atoms with Crippen molar-refractivity contribution in [3.05, 3.63) is 17.8 Å². The number of anilines is 2. The first-order valence-electron chi connectivity index (χ1n) is 8.98. The lowest BCUT2D eigenvalue weighted by molar-refractivity contribution is 0.0302. The molecule has 0 saturated carbocycles. The molecule has 0 N–H and O–H groups in total. The summed E-state index contributed by atoms with van der Waals surface area (Å²) in [7, 11) is 0. The molecule has 1 aromatic heterocycles. The van der Waals surface area contributed by atoms with Gasteiger partial charge in [-0.05, 0) is 25.7 Å². The third-order valence-electron chi connectivity index (χ3n) is 5.87. The Labute approximate surface area is 142 Å². The van der Waals surface area contributed by atoms with E-state index in [4.69, 9.17) is 9.47 Å². The summed E-state index contributed by atoms with van der Waals surface area (Å²) in [5.41, 5.74) is 1.71. The number of morpholine rings is 2. The maximum atomic E-state index is 9.56. The molecule has 5 rings (SSSR count). The van der Waals surface area contributed by atoms with E-state index in [0.717, 1.165) is 63.5 Å². The van der Waals surface area contributed by atoms with Crippen LogP contribution in [0.5, 0.6) is 0 Å². The van der Waals surface area contributed by atoms with Gasteiger partial charge in [0.15, 0.2) is 0 Å². The highest BCUT2D eigenvalue weighted by atomic mass is 16.5. The molecule has 0 aromatic carbocycles. The van der Waals surface area contributed by atoms with Crippen molar-refractivity contribution in [3.8, 4) is 6.07 Å². The zero-order valence-corrected chi connectivity index (χ0v) is 13.7. The van der Waals surface area contributed by atoms with Crippen LogP contribution in [0.15, 0.2) is 12.3 Å². The van der Waals surface area contributed by atoms with Crippen molar-refractivity contribution in [1.29, 1.82) is 5.26 Å². The number of fused-ring (bicyclic) bond motifs is 4. The molecular formula is C18H22N4O2. The number of aromatic nitrogens is 1. The molecule has 24 heavy (non-hydrogen) atoms. The monoisotopic (exact) mass is 326 g/mol. The zero-order chi connectivity index (χ0) is 16.1. The highest BCUT2D eigenvalue weighted by molar-refractivity contribution is 5.66. The molecule has 4 fully saturated rings. The Balaban J connectivity index is 1.49. The summed E-state index contributed by atoms with van der Waals surface area (Å²) in [6.07, 6.45) is 7.02. The Bertz CT molecular complexity index is 660. The van der Waals surface area contributed by atoms with Gasteiger partial charge in [0.2, 0.25) is 0 Å². The lowest BCUT2D eigenvalue weighted by Gasteiger charge is -2.38. The smallest absolute Gasteiger partial charge is 0.130 e. The molecule has 6 nitrogen and oxygen atoms in total. The summed E-state index contributed by atoms with van der Waals surface area (Å²) < 4.78 is 11.6. The molecule has 1 aromatic rings. The van der Waals surface area contributed by atoms with Crippen LogP contribution in [0.1, 0.15) is 31.2 Å². The van der Waals surface area contributed by atoms with Crippen LogP contribution in [0.25, 0.3) is 0 Å². The number of ether oxygens (including phenoxy) is 2. The summed E-state index contributed by atoms with van der Waals surface area (Å²) >= 11 is 0. The highest BCUT2D eigenvalue weighted by Gasteiger charge is 2.39. The third-order valence-corrected chi connectivity index (χ3v) is 5.87. The van der Waals surface area contributed by atoms with Crippen molar-refractivity contribution in [2.75, 3.05) is 36.1 Å². The van der Waals surface area contributed by atoms with Crippen LogP contribution >= 0.6 is 0 Å². The van der Waals surface area contributed by atoms with Crippen molar-refractivity contribution < 1.29 is 9.47 Å². The first-order chi connectivity index (χ1) is 11.8. The average molecular weight is 326 g/mol. The summed E-state index contributed by atoms with van der Waals surface area (Å²) in [4.78, 5) is 9.34. The van der Waals surface area contributed by atoms with Crippen molar-refractivity contribution >= 4 is 11.5 Å². The van der Waals surface area contributed by atoms with Crippen LogP contribution in [-0.4, -0.2) is 55.6 Å². The number of hydrogen-bond acceptors (Lipinski definition) is 6. The molecule has 0 aliphatic carbocycles. The van der Waals surface area contributed by atoms with Gasteiger partial charge in [-0.3, -0.25) is 0 Å². The molecule has 4 atom stereocenters. The number of nitriles is 1. The van der Waals surface area contributed by atoms with Crippen LogP contribution in [0.2, 0.25) is 0 Å². The third kappa shape index (κ3) is 2.27. The van der Waals surface area contributed by atoms with Crippen molar-refractivity contribution in [1.82, 2.24) is 4.98 Å². The Kier molecular flexibility index (Phi) is 3.39. The molecule has 6 heteroatoms. The number of rotatable bonds is 2. The van der Waals surface area contributed by atoms with Crippen molar-refractivity contribution in [2.24, 2.45) is 0 Å². The van der Waals surface area contributed by atoms with Gasteiger partial charge in [0.1, 0.15) is 11.9 Å². The van der Waals surface area contributed by atoms with Gasteiger partial charge >= 0.3 is 0 Å². The fraction of sp³-hybridized carbons (Fsp3) is 0.667. The average Bonchev–Trinajstić information content (AvgIpc) is 3.08. The maximum absolute atomic E-state index is 9.56. The maximum Gasteiger partial charge on any atom is 0.130 e. The van der Waals surface area contributed by atoms with Gasteiger partial charge in [-0.15, -0.1) is 0 Å². The van der Waals surface area contributed by atoms with E-state index in [2.05, 4.69) is 26.9 Å². The second kappa shape index (κ2) is 5.61. The molecule has 5 heterocycles. The van der Waals surface area contributed by atoms with E-state index in [1.807, 2.05) is 0 Å². The molecule has 0 radical (unpaired) electrons. The van der Waals surface area contributed by atoms with Crippen LogP contribution in [0.4, 0.5) is 11.5 Å². The number of nitrogens with zero attached hydrogens (tertiary/aromatic N) is 4. The van der Waals surface area contributed by atoms with E-state index in [1.165, 1.54) is 0 Å². The number of pyridine rings is 1. The van der Waals surface area contributed by atoms with E-state index >= 15 is 0 Å². The van der Waals surface area contributed by atoms with Gasteiger partial charge in [-0.2, -0.15) is 5.26 Å². The van der Waals surface area contributed by atoms with Gasteiger partial charge in [0.25, 0.3) is 0 Å². The van der Waals surface area contributed by atoms with Gasteiger partial charge in [0.05, 0.1) is 48.8 Å². The molecule has 0 amide bonds. The predicted octanol–water partition coefficient (Wildman–Crippen LogP) is 1.69. The Morgan fingerprint density at radius 2 is 1.79 bits per heavy atom. The predicted molar refractivity (Wildman–Crippen MR) is 89.2 cm³/mol. The van der Waals surface area contributed by atoms with E-state index in [1.54, 1.807) is 6.20 Å². The lowest BCUT2D eigenvalue weighted by atomic mass is 10.1. The Morgan fingerprint density at radius 1 is 1.08 bits per heavy atom. The first-order valence-corrected chi connectivity index (χ1v) is 8.98. The highest BCUT2D eigenvalue weighted by Crippen LogP contribution is 2.38. The molecular weight excluding hydrogens is 304 g/mol. The second-order valence-electron chi connectivity index (χ2n) is 7.36.